The third kappa shape index (κ3) is 5.40. The maximum atomic E-state index is 2.42. The first-order valence-corrected chi connectivity index (χ1v) is 22.4. The van der Waals surface area contributed by atoms with E-state index in [9.17, 15) is 0 Å². The van der Waals surface area contributed by atoms with Gasteiger partial charge in [0.15, 0.2) is 0 Å². The number of rotatable bonds is 7. The Labute approximate surface area is 367 Å². The standard InChI is InChI=1S/C60H43NS/c1-59(2)53-27-14-12-23-49(53)52-39-47(37-38-54(52)59)61(45-33-29-41(30-34-45)40-17-6-3-7-18-40)46-35-31-42(32-36-46)48-25-16-26-51-56(48)60(43-19-8-4-9-20-43,44-21-10-5-11-22-44)57-50-24-13-15-28-55(50)62-58(51)57/h3-39H,1-2H3. The lowest BCUT2D eigenvalue weighted by Crippen LogP contribution is -2.29. The molecule has 1 heterocycles. The maximum absolute atomic E-state index is 2.42. The fourth-order valence-electron chi connectivity index (χ4n) is 10.8. The number of hydrogen-bond acceptors (Lipinski definition) is 2. The van der Waals surface area contributed by atoms with Crippen LogP contribution in [0.15, 0.2) is 224 Å². The summed E-state index contributed by atoms with van der Waals surface area (Å²) in [7, 11) is 0. The van der Waals surface area contributed by atoms with Gasteiger partial charge in [-0.2, -0.15) is 0 Å². The summed E-state index contributed by atoms with van der Waals surface area (Å²) in [5.74, 6) is 0. The second-order valence-electron chi connectivity index (χ2n) is 17.2. The number of fused-ring (bicyclic) bond motifs is 8. The second-order valence-corrected chi connectivity index (χ2v) is 18.3. The minimum absolute atomic E-state index is 0.0609. The number of nitrogens with zero attached hydrogens (tertiary/aromatic N) is 1. The van der Waals surface area contributed by atoms with Gasteiger partial charge < -0.3 is 4.90 Å². The average Bonchev–Trinajstić information content (AvgIpc) is 3.94. The molecule has 1 aromatic heterocycles. The number of benzene rings is 9. The van der Waals surface area contributed by atoms with Gasteiger partial charge in [-0.25, -0.2) is 0 Å². The summed E-state index contributed by atoms with van der Waals surface area (Å²) in [6.07, 6.45) is 0. The van der Waals surface area contributed by atoms with E-state index < -0.39 is 5.41 Å². The van der Waals surface area contributed by atoms with Gasteiger partial charge in [0, 0.05) is 32.1 Å². The van der Waals surface area contributed by atoms with Crippen LogP contribution in [0.5, 0.6) is 0 Å². The van der Waals surface area contributed by atoms with Crippen molar-refractivity contribution in [2.45, 2.75) is 24.7 Å². The molecule has 2 aliphatic carbocycles. The van der Waals surface area contributed by atoms with E-state index >= 15 is 0 Å². The third-order valence-corrected chi connectivity index (χ3v) is 14.8. The van der Waals surface area contributed by atoms with Gasteiger partial charge in [-0.15, -0.1) is 11.3 Å². The van der Waals surface area contributed by atoms with E-state index in [2.05, 4.69) is 243 Å². The largest absolute Gasteiger partial charge is 0.310 e. The first-order valence-electron chi connectivity index (χ1n) is 21.6. The molecule has 0 saturated heterocycles. The molecule has 0 spiro atoms. The van der Waals surface area contributed by atoms with Crippen molar-refractivity contribution in [3.63, 3.8) is 0 Å². The topological polar surface area (TPSA) is 3.24 Å². The van der Waals surface area contributed by atoms with Crippen molar-refractivity contribution in [2.75, 3.05) is 4.90 Å². The summed E-state index contributed by atoms with van der Waals surface area (Å²) < 4.78 is 1.32. The maximum Gasteiger partial charge on any atom is 0.0734 e. The van der Waals surface area contributed by atoms with E-state index in [1.54, 1.807) is 0 Å². The van der Waals surface area contributed by atoms with Crippen molar-refractivity contribution in [1.82, 2.24) is 0 Å². The van der Waals surface area contributed by atoms with E-state index in [-0.39, 0.29) is 5.41 Å². The SMILES string of the molecule is CC1(C)c2ccccc2-c2cc(N(c3ccc(-c4ccccc4)cc3)c3ccc(-c4cccc5c4C(c4ccccc4)(c4ccccc4)c4c-5sc5ccccc45)cc3)ccc21. The third-order valence-electron chi connectivity index (χ3n) is 13.6. The molecule has 0 atom stereocenters. The Morgan fingerprint density at radius 2 is 0.887 bits per heavy atom. The molecular formula is C60H43NS. The number of hydrogen-bond donors (Lipinski definition) is 0. The lowest BCUT2D eigenvalue weighted by atomic mass is 9.65. The van der Waals surface area contributed by atoms with Crippen LogP contribution in [0.25, 0.3) is 53.9 Å². The fraction of sp³-hybridized carbons (Fsp3) is 0.0667. The molecular weight excluding hydrogens is 767 g/mol. The van der Waals surface area contributed by atoms with Crippen LogP contribution >= 0.6 is 11.3 Å². The minimum Gasteiger partial charge on any atom is -0.310 e. The Morgan fingerprint density at radius 1 is 0.371 bits per heavy atom. The molecule has 294 valence electrons. The monoisotopic (exact) mass is 809 g/mol. The summed E-state index contributed by atoms with van der Waals surface area (Å²) in [5, 5.41) is 1.33. The molecule has 10 aromatic rings. The molecule has 0 amide bonds. The predicted octanol–water partition coefficient (Wildman–Crippen LogP) is 16.4. The Morgan fingerprint density at radius 3 is 1.58 bits per heavy atom. The molecule has 0 fully saturated rings. The van der Waals surface area contributed by atoms with Crippen molar-refractivity contribution in [2.24, 2.45) is 0 Å². The Bertz CT molecular complexity index is 3250. The van der Waals surface area contributed by atoms with Gasteiger partial charge in [-0.1, -0.05) is 196 Å². The van der Waals surface area contributed by atoms with Crippen molar-refractivity contribution >= 4 is 38.5 Å². The second kappa shape index (κ2) is 14.2. The molecule has 0 saturated carbocycles. The normalized spacial score (nSPS) is 13.9. The number of thiophene rings is 1. The number of anilines is 3. The van der Waals surface area contributed by atoms with Gasteiger partial charge in [0.25, 0.3) is 0 Å². The Balaban J connectivity index is 1.04. The smallest absolute Gasteiger partial charge is 0.0734 e. The zero-order valence-corrected chi connectivity index (χ0v) is 35.5. The highest BCUT2D eigenvalue weighted by Crippen LogP contribution is 2.63. The van der Waals surface area contributed by atoms with Gasteiger partial charge >= 0.3 is 0 Å². The minimum atomic E-state index is -0.511. The highest BCUT2D eigenvalue weighted by molar-refractivity contribution is 7.22. The Hall–Kier alpha value is -7.26. The molecule has 0 bridgehead atoms. The van der Waals surface area contributed by atoms with Crippen LogP contribution in [0.4, 0.5) is 17.1 Å². The van der Waals surface area contributed by atoms with Crippen molar-refractivity contribution in [3.05, 3.63) is 258 Å². The molecule has 2 heteroatoms. The average molecular weight is 810 g/mol. The van der Waals surface area contributed by atoms with Gasteiger partial charge in [0.2, 0.25) is 0 Å². The summed E-state index contributed by atoms with van der Waals surface area (Å²) in [5.41, 5.74) is 19.7. The first-order chi connectivity index (χ1) is 30.5. The molecule has 12 rings (SSSR count). The van der Waals surface area contributed by atoms with Crippen LogP contribution in [-0.4, -0.2) is 0 Å². The first kappa shape index (κ1) is 36.6. The van der Waals surface area contributed by atoms with Crippen molar-refractivity contribution in [1.29, 1.82) is 0 Å². The van der Waals surface area contributed by atoms with Crippen LogP contribution in [-0.2, 0) is 10.8 Å². The lowest BCUT2D eigenvalue weighted by molar-refractivity contribution is 0.660. The molecule has 0 N–H and O–H groups in total. The van der Waals surface area contributed by atoms with E-state index in [0.29, 0.717) is 0 Å². The van der Waals surface area contributed by atoms with E-state index in [4.69, 9.17) is 0 Å². The highest BCUT2D eigenvalue weighted by Gasteiger charge is 2.49. The van der Waals surface area contributed by atoms with Crippen molar-refractivity contribution in [3.8, 4) is 43.8 Å². The van der Waals surface area contributed by atoms with Crippen LogP contribution in [0.3, 0.4) is 0 Å². The fourth-order valence-corrected chi connectivity index (χ4v) is 12.0. The summed E-state index contributed by atoms with van der Waals surface area (Å²) >= 11 is 1.92. The van der Waals surface area contributed by atoms with Gasteiger partial charge in [-0.3, -0.25) is 0 Å². The molecule has 0 unspecified atom stereocenters. The van der Waals surface area contributed by atoms with Crippen LogP contribution in [0.1, 0.15) is 47.2 Å². The summed E-state index contributed by atoms with van der Waals surface area (Å²) in [6.45, 7) is 4.70. The van der Waals surface area contributed by atoms with Gasteiger partial charge in [-0.05, 0) is 120 Å². The van der Waals surface area contributed by atoms with Crippen LogP contribution < -0.4 is 4.90 Å². The van der Waals surface area contributed by atoms with E-state index in [0.717, 1.165) is 17.1 Å². The lowest BCUT2D eigenvalue weighted by Gasteiger charge is -2.35. The summed E-state index contributed by atoms with van der Waals surface area (Å²) in [4.78, 5) is 3.78. The zero-order valence-electron chi connectivity index (χ0n) is 34.7. The molecule has 0 aliphatic heterocycles. The molecule has 1 nitrogen and oxygen atoms in total. The Kier molecular flexibility index (Phi) is 8.36. The summed E-state index contributed by atoms with van der Waals surface area (Å²) in [6, 6.07) is 83.3. The van der Waals surface area contributed by atoms with E-state index in [1.807, 2.05) is 11.3 Å². The van der Waals surface area contributed by atoms with E-state index in [1.165, 1.54) is 87.3 Å². The highest BCUT2D eigenvalue weighted by atomic mass is 32.1. The molecule has 62 heavy (non-hydrogen) atoms. The molecule has 2 aliphatic rings. The van der Waals surface area contributed by atoms with Crippen LogP contribution in [0, 0.1) is 0 Å². The predicted molar refractivity (Wildman–Crippen MR) is 262 cm³/mol. The molecule has 0 radical (unpaired) electrons. The van der Waals surface area contributed by atoms with Crippen molar-refractivity contribution < 1.29 is 0 Å². The van der Waals surface area contributed by atoms with Gasteiger partial charge in [0.05, 0.1) is 5.41 Å². The zero-order chi connectivity index (χ0) is 41.4. The van der Waals surface area contributed by atoms with Gasteiger partial charge in [0.1, 0.15) is 0 Å². The quantitative estimate of drug-likeness (QED) is 0.155. The molecule has 9 aromatic carbocycles. The van der Waals surface area contributed by atoms with Crippen LogP contribution in [0.2, 0.25) is 0 Å².